The second kappa shape index (κ2) is 9.88. The number of benzene rings is 1. The molecule has 1 aromatic carbocycles. The van der Waals surface area contributed by atoms with E-state index < -0.39 is 11.6 Å². The maximum Gasteiger partial charge on any atom is 0.310 e. The number of carbonyl (C=O) groups is 1. The smallest absolute Gasteiger partial charge is 0.310 e. The van der Waals surface area contributed by atoms with Gasteiger partial charge in [-0.05, 0) is 31.0 Å². The van der Waals surface area contributed by atoms with E-state index in [4.69, 9.17) is 4.74 Å². The van der Waals surface area contributed by atoms with Crippen molar-refractivity contribution in [1.82, 2.24) is 10.2 Å². The highest BCUT2D eigenvalue weighted by atomic mass is 127. The van der Waals surface area contributed by atoms with Crippen LogP contribution in [0.4, 0.5) is 8.78 Å². The quantitative estimate of drug-likeness (QED) is 0.321. The predicted molar refractivity (Wildman–Crippen MR) is 103 cm³/mol. The summed E-state index contributed by atoms with van der Waals surface area (Å²) in [6, 6.07) is 3.32. The number of guanidine groups is 1. The van der Waals surface area contributed by atoms with Crippen molar-refractivity contribution in [2.24, 2.45) is 16.8 Å². The van der Waals surface area contributed by atoms with E-state index in [-0.39, 0.29) is 53.9 Å². The molecule has 1 aromatic rings. The lowest BCUT2D eigenvalue weighted by Gasteiger charge is -2.21. The average molecular weight is 467 g/mol. The summed E-state index contributed by atoms with van der Waals surface area (Å²) in [5, 5.41) is 3.13. The second-order valence-electron chi connectivity index (χ2n) is 5.92. The molecule has 0 aromatic heterocycles. The van der Waals surface area contributed by atoms with Gasteiger partial charge in [0.15, 0.2) is 5.96 Å². The monoisotopic (exact) mass is 467 g/mol. The molecule has 2 rings (SSSR count). The van der Waals surface area contributed by atoms with Crippen LogP contribution in [0.3, 0.4) is 0 Å². The third-order valence-corrected chi connectivity index (χ3v) is 4.16. The number of halogens is 3. The number of likely N-dealkylation sites (tertiary alicyclic amines) is 1. The molecule has 0 aliphatic carbocycles. The van der Waals surface area contributed by atoms with E-state index in [1.807, 2.05) is 18.7 Å². The van der Waals surface area contributed by atoms with Crippen LogP contribution in [0.1, 0.15) is 19.4 Å². The largest absolute Gasteiger partial charge is 0.469 e. The van der Waals surface area contributed by atoms with Crippen molar-refractivity contribution in [3.05, 3.63) is 35.4 Å². The SMILES string of the molecule is CCNC(=NCc1cc(F)ccc1F)N1CC(C)C(C(=O)OC)C1.I. The second-order valence-corrected chi connectivity index (χ2v) is 5.92. The van der Waals surface area contributed by atoms with Crippen LogP contribution in [0.25, 0.3) is 0 Å². The lowest BCUT2D eigenvalue weighted by Crippen LogP contribution is -2.40. The van der Waals surface area contributed by atoms with Crippen molar-refractivity contribution >= 4 is 35.9 Å². The Bertz CT molecular complexity index is 628. The Kier molecular flexibility index (Phi) is 8.54. The summed E-state index contributed by atoms with van der Waals surface area (Å²) in [6.45, 7) is 5.72. The van der Waals surface area contributed by atoms with Crippen molar-refractivity contribution in [2.75, 3.05) is 26.7 Å². The van der Waals surface area contributed by atoms with Gasteiger partial charge in [0.1, 0.15) is 11.6 Å². The molecule has 1 N–H and O–H groups in total. The standard InChI is InChI=1S/C17H23F2N3O2.HI/c1-4-20-17(21-8-12-7-13(18)5-6-15(12)19)22-9-11(2)14(10-22)16(23)24-3;/h5-7,11,14H,4,8-10H2,1-3H3,(H,20,21);1H. The summed E-state index contributed by atoms with van der Waals surface area (Å²) in [5.74, 6) is -0.723. The van der Waals surface area contributed by atoms with Crippen molar-refractivity contribution in [3.8, 4) is 0 Å². The fraction of sp³-hybridized carbons (Fsp3) is 0.529. The van der Waals surface area contributed by atoms with Crippen molar-refractivity contribution in [3.63, 3.8) is 0 Å². The maximum absolute atomic E-state index is 13.7. The van der Waals surface area contributed by atoms with E-state index in [0.717, 1.165) is 18.2 Å². The average Bonchev–Trinajstić information content (AvgIpc) is 2.95. The number of nitrogens with one attached hydrogen (secondary N) is 1. The number of esters is 1. The first-order valence-corrected chi connectivity index (χ1v) is 8.01. The van der Waals surface area contributed by atoms with Gasteiger partial charge < -0.3 is 15.0 Å². The van der Waals surface area contributed by atoms with Gasteiger partial charge in [0.05, 0.1) is 19.6 Å². The lowest BCUT2D eigenvalue weighted by molar-refractivity contribution is -0.145. The number of hydrogen-bond donors (Lipinski definition) is 1. The van der Waals surface area contributed by atoms with Gasteiger partial charge in [0.2, 0.25) is 0 Å². The molecule has 2 atom stereocenters. The zero-order valence-corrected chi connectivity index (χ0v) is 16.9. The van der Waals surface area contributed by atoms with Crippen molar-refractivity contribution in [1.29, 1.82) is 0 Å². The molecule has 1 saturated heterocycles. The highest BCUT2D eigenvalue weighted by Crippen LogP contribution is 2.24. The van der Waals surface area contributed by atoms with Crippen LogP contribution < -0.4 is 5.32 Å². The molecule has 1 aliphatic heterocycles. The van der Waals surface area contributed by atoms with Gasteiger partial charge in [0.25, 0.3) is 0 Å². The molecule has 8 heteroatoms. The van der Waals surface area contributed by atoms with Crippen LogP contribution in [-0.2, 0) is 16.1 Å². The molecule has 5 nitrogen and oxygen atoms in total. The van der Waals surface area contributed by atoms with Gasteiger partial charge >= 0.3 is 5.97 Å². The summed E-state index contributed by atoms with van der Waals surface area (Å²) in [5.41, 5.74) is 0.196. The Morgan fingerprint density at radius 3 is 2.76 bits per heavy atom. The number of aliphatic imine (C=N–C) groups is 1. The van der Waals surface area contributed by atoms with Crippen LogP contribution >= 0.6 is 24.0 Å². The molecule has 1 fully saturated rings. The molecular weight excluding hydrogens is 443 g/mol. The van der Waals surface area contributed by atoms with Crippen LogP contribution in [0.15, 0.2) is 23.2 Å². The summed E-state index contributed by atoms with van der Waals surface area (Å²) >= 11 is 0. The Morgan fingerprint density at radius 1 is 1.40 bits per heavy atom. The molecule has 0 saturated carbocycles. The molecule has 1 heterocycles. The van der Waals surface area contributed by atoms with E-state index in [1.54, 1.807) is 0 Å². The summed E-state index contributed by atoms with van der Waals surface area (Å²) in [4.78, 5) is 18.2. The molecule has 25 heavy (non-hydrogen) atoms. The van der Waals surface area contributed by atoms with Crippen LogP contribution in [0, 0.1) is 23.5 Å². The topological polar surface area (TPSA) is 53.9 Å². The Balaban J connectivity index is 0.00000312. The normalized spacial score (nSPS) is 20.2. The number of rotatable bonds is 4. The van der Waals surface area contributed by atoms with Crippen LogP contribution in [0.2, 0.25) is 0 Å². The minimum absolute atomic E-state index is 0. The maximum atomic E-state index is 13.7. The zero-order valence-electron chi connectivity index (χ0n) is 14.6. The Labute approximate surface area is 163 Å². The van der Waals surface area contributed by atoms with E-state index in [1.165, 1.54) is 7.11 Å². The lowest BCUT2D eigenvalue weighted by atomic mass is 9.99. The fourth-order valence-electron chi connectivity index (χ4n) is 2.85. The van der Waals surface area contributed by atoms with E-state index in [9.17, 15) is 13.6 Å². The predicted octanol–water partition coefficient (Wildman–Crippen LogP) is 2.79. The molecule has 0 bridgehead atoms. The Hall–Kier alpha value is -1.45. The highest BCUT2D eigenvalue weighted by Gasteiger charge is 2.36. The van der Waals surface area contributed by atoms with Gasteiger partial charge in [-0.25, -0.2) is 13.8 Å². The molecule has 140 valence electrons. The van der Waals surface area contributed by atoms with Crippen LogP contribution in [0.5, 0.6) is 0 Å². The van der Waals surface area contributed by atoms with Gasteiger partial charge in [-0.1, -0.05) is 6.92 Å². The fourth-order valence-corrected chi connectivity index (χ4v) is 2.85. The summed E-state index contributed by atoms with van der Waals surface area (Å²) in [7, 11) is 1.38. The number of nitrogens with zero attached hydrogens (tertiary/aromatic N) is 2. The molecular formula is C17H24F2IN3O2. The zero-order chi connectivity index (χ0) is 17.7. The number of hydrogen-bond acceptors (Lipinski definition) is 3. The molecule has 0 radical (unpaired) electrons. The molecule has 0 amide bonds. The van der Waals surface area contributed by atoms with E-state index in [0.29, 0.717) is 25.6 Å². The molecule has 2 unspecified atom stereocenters. The summed E-state index contributed by atoms with van der Waals surface area (Å²) < 4.78 is 31.8. The van der Waals surface area contributed by atoms with E-state index >= 15 is 0 Å². The van der Waals surface area contributed by atoms with E-state index in [2.05, 4.69) is 10.3 Å². The van der Waals surface area contributed by atoms with Crippen molar-refractivity contribution < 1.29 is 18.3 Å². The first-order valence-electron chi connectivity index (χ1n) is 8.01. The first kappa shape index (κ1) is 21.6. The summed E-state index contributed by atoms with van der Waals surface area (Å²) in [6.07, 6.45) is 0. The number of methoxy groups -OCH3 is 1. The third-order valence-electron chi connectivity index (χ3n) is 4.16. The van der Waals surface area contributed by atoms with Gasteiger partial charge in [-0.15, -0.1) is 24.0 Å². The molecule has 0 spiro atoms. The minimum atomic E-state index is -0.493. The van der Waals surface area contributed by atoms with Gasteiger partial charge in [0, 0.05) is 25.2 Å². The van der Waals surface area contributed by atoms with Gasteiger partial charge in [-0.2, -0.15) is 0 Å². The van der Waals surface area contributed by atoms with Crippen molar-refractivity contribution in [2.45, 2.75) is 20.4 Å². The molecule has 1 aliphatic rings. The number of ether oxygens (including phenoxy) is 1. The minimum Gasteiger partial charge on any atom is -0.469 e. The number of carbonyl (C=O) groups excluding carboxylic acids is 1. The first-order chi connectivity index (χ1) is 11.5. The highest BCUT2D eigenvalue weighted by molar-refractivity contribution is 14.0. The van der Waals surface area contributed by atoms with Crippen LogP contribution in [-0.4, -0.2) is 43.6 Å². The Morgan fingerprint density at radius 2 is 2.12 bits per heavy atom. The van der Waals surface area contributed by atoms with Gasteiger partial charge in [-0.3, -0.25) is 4.79 Å². The third kappa shape index (κ3) is 5.52.